The molecule has 0 aliphatic carbocycles. The molecule has 6 aromatic carbocycles. The number of fused-ring (bicyclic) bond motifs is 6. The van der Waals surface area contributed by atoms with E-state index in [1.54, 1.807) is 0 Å². The first-order valence-corrected chi connectivity index (χ1v) is 14.7. The van der Waals surface area contributed by atoms with E-state index < -0.39 is 0 Å². The van der Waals surface area contributed by atoms with Crippen molar-refractivity contribution in [2.75, 3.05) is 0 Å². The van der Waals surface area contributed by atoms with Crippen LogP contribution in [0.5, 0.6) is 0 Å². The molecule has 2 aromatic heterocycles. The van der Waals surface area contributed by atoms with Crippen LogP contribution < -0.4 is 0 Å². The Morgan fingerprint density at radius 2 is 1.15 bits per heavy atom. The molecular weight excluding hydrogens is 558 g/mol. The van der Waals surface area contributed by atoms with Gasteiger partial charge in [-0.05, 0) is 76.9 Å². The highest BCUT2D eigenvalue weighted by Gasteiger charge is 2.14. The summed E-state index contributed by atoms with van der Waals surface area (Å²) in [7, 11) is 0. The third-order valence-corrected chi connectivity index (χ3v) is 9.28. The zero-order valence-corrected chi connectivity index (χ0v) is 23.3. The van der Waals surface area contributed by atoms with E-state index in [-0.39, 0.29) is 0 Å². The van der Waals surface area contributed by atoms with Gasteiger partial charge in [0.2, 0.25) is 0 Å². The van der Waals surface area contributed by atoms with Gasteiger partial charge in [-0.1, -0.05) is 94.8 Å². The lowest BCUT2D eigenvalue weighted by atomic mass is 10.0. The van der Waals surface area contributed by atoms with E-state index in [1.165, 1.54) is 69.9 Å². The molecule has 39 heavy (non-hydrogen) atoms. The molecular formula is C36H22BrNS. The number of rotatable bonds is 3. The maximum Gasteiger partial charge on any atom is 0.0541 e. The quantitative estimate of drug-likeness (QED) is 0.196. The van der Waals surface area contributed by atoms with Crippen molar-refractivity contribution < 1.29 is 0 Å². The average Bonchev–Trinajstić information content (AvgIpc) is 3.52. The second-order valence-corrected chi connectivity index (χ2v) is 12.0. The minimum Gasteiger partial charge on any atom is -0.309 e. The van der Waals surface area contributed by atoms with E-state index in [2.05, 4.69) is 154 Å². The van der Waals surface area contributed by atoms with Crippen LogP contribution in [0.3, 0.4) is 0 Å². The molecule has 0 unspecified atom stereocenters. The number of thiophene rings is 1. The van der Waals surface area contributed by atoms with Crippen LogP contribution in [-0.4, -0.2) is 4.57 Å². The van der Waals surface area contributed by atoms with Crippen molar-refractivity contribution in [3.8, 4) is 27.9 Å². The second-order valence-electron chi connectivity index (χ2n) is 9.95. The van der Waals surface area contributed by atoms with Crippen molar-refractivity contribution in [3.05, 3.63) is 138 Å². The predicted molar refractivity (Wildman–Crippen MR) is 172 cm³/mol. The summed E-state index contributed by atoms with van der Waals surface area (Å²) in [5.74, 6) is 0. The lowest BCUT2D eigenvalue weighted by Crippen LogP contribution is -1.94. The van der Waals surface area contributed by atoms with Gasteiger partial charge in [0, 0.05) is 41.1 Å². The van der Waals surface area contributed by atoms with Crippen LogP contribution in [0, 0.1) is 0 Å². The molecule has 0 spiro atoms. The van der Waals surface area contributed by atoms with Gasteiger partial charge in [-0.25, -0.2) is 0 Å². The zero-order chi connectivity index (χ0) is 25.9. The Kier molecular flexibility index (Phi) is 5.22. The minimum absolute atomic E-state index is 1.12. The number of hydrogen-bond acceptors (Lipinski definition) is 1. The maximum absolute atomic E-state index is 3.62. The van der Waals surface area contributed by atoms with Gasteiger partial charge in [0.25, 0.3) is 0 Å². The van der Waals surface area contributed by atoms with E-state index >= 15 is 0 Å². The van der Waals surface area contributed by atoms with Crippen LogP contribution in [0.15, 0.2) is 138 Å². The molecule has 0 radical (unpaired) electrons. The van der Waals surface area contributed by atoms with E-state index in [4.69, 9.17) is 0 Å². The first kappa shape index (κ1) is 22.8. The van der Waals surface area contributed by atoms with Crippen LogP contribution in [0.4, 0.5) is 0 Å². The van der Waals surface area contributed by atoms with Gasteiger partial charge in [-0.2, -0.15) is 0 Å². The Morgan fingerprint density at radius 3 is 2.05 bits per heavy atom. The van der Waals surface area contributed by atoms with Crippen molar-refractivity contribution in [2.45, 2.75) is 0 Å². The zero-order valence-electron chi connectivity index (χ0n) is 20.9. The van der Waals surface area contributed by atoms with Crippen LogP contribution in [-0.2, 0) is 0 Å². The summed E-state index contributed by atoms with van der Waals surface area (Å²) in [5, 5.41) is 5.18. The Hall–Kier alpha value is -4.18. The fourth-order valence-electron chi connectivity index (χ4n) is 5.82. The monoisotopic (exact) mass is 579 g/mol. The highest BCUT2D eigenvalue weighted by molar-refractivity contribution is 9.10. The third-order valence-electron chi connectivity index (χ3n) is 7.65. The van der Waals surface area contributed by atoms with Gasteiger partial charge in [0.05, 0.1) is 11.0 Å². The molecule has 8 aromatic rings. The second kappa shape index (κ2) is 8.94. The third kappa shape index (κ3) is 3.73. The first-order valence-electron chi connectivity index (χ1n) is 13.0. The van der Waals surface area contributed by atoms with Crippen LogP contribution >= 0.6 is 27.3 Å². The Bertz CT molecular complexity index is 2190. The SMILES string of the molecule is Brc1ccc2c(c1)sc1ccc(-c3ccc4c(c3)c3ccccc3n4-c3cccc(-c4ccccc4)c3)cc12. The number of benzene rings is 6. The van der Waals surface area contributed by atoms with Gasteiger partial charge in [-0.15, -0.1) is 11.3 Å². The molecule has 2 heterocycles. The first-order chi connectivity index (χ1) is 19.2. The standard InChI is InChI=1S/C36H22BrNS/c37-27-15-16-30-32-21-26(14-18-35(32)39-36(30)22-27)25-13-17-34-31(20-25)29-11-4-5-12-33(29)38(34)28-10-6-9-24(19-28)23-7-2-1-3-8-23/h1-22H. The predicted octanol–water partition coefficient (Wildman–Crippen LogP) is 11.2. The van der Waals surface area contributed by atoms with Gasteiger partial charge in [-0.3, -0.25) is 0 Å². The molecule has 0 aliphatic heterocycles. The highest BCUT2D eigenvalue weighted by Crippen LogP contribution is 2.39. The number of nitrogens with zero attached hydrogens (tertiary/aromatic N) is 1. The maximum atomic E-state index is 3.62. The summed E-state index contributed by atoms with van der Waals surface area (Å²) in [6.07, 6.45) is 0. The van der Waals surface area contributed by atoms with Gasteiger partial charge in [0.15, 0.2) is 0 Å². The van der Waals surface area contributed by atoms with Gasteiger partial charge < -0.3 is 4.57 Å². The molecule has 0 saturated heterocycles. The summed E-state index contributed by atoms with van der Waals surface area (Å²) < 4.78 is 6.16. The molecule has 0 saturated carbocycles. The summed E-state index contributed by atoms with van der Waals surface area (Å²) in [4.78, 5) is 0. The molecule has 184 valence electrons. The van der Waals surface area contributed by atoms with Gasteiger partial charge >= 0.3 is 0 Å². The Morgan fingerprint density at radius 1 is 0.436 bits per heavy atom. The topological polar surface area (TPSA) is 4.93 Å². The van der Waals surface area contributed by atoms with Crippen molar-refractivity contribution >= 4 is 69.2 Å². The molecule has 0 N–H and O–H groups in total. The average molecular weight is 581 g/mol. The Balaban J connectivity index is 1.32. The van der Waals surface area contributed by atoms with Crippen LogP contribution in [0.1, 0.15) is 0 Å². The lowest BCUT2D eigenvalue weighted by molar-refractivity contribution is 1.18. The van der Waals surface area contributed by atoms with Crippen molar-refractivity contribution in [3.63, 3.8) is 0 Å². The molecule has 0 amide bonds. The molecule has 3 heteroatoms. The number of halogens is 1. The molecule has 1 nitrogen and oxygen atoms in total. The minimum atomic E-state index is 1.12. The molecule has 0 aliphatic rings. The largest absolute Gasteiger partial charge is 0.309 e. The molecule has 0 atom stereocenters. The molecule has 8 rings (SSSR count). The summed E-state index contributed by atoms with van der Waals surface area (Å²) >= 11 is 5.47. The van der Waals surface area contributed by atoms with E-state index in [9.17, 15) is 0 Å². The molecule has 0 fully saturated rings. The number of aromatic nitrogens is 1. The van der Waals surface area contributed by atoms with Crippen molar-refractivity contribution in [2.24, 2.45) is 0 Å². The van der Waals surface area contributed by atoms with Crippen LogP contribution in [0.2, 0.25) is 0 Å². The normalized spacial score (nSPS) is 11.7. The molecule has 0 bridgehead atoms. The lowest BCUT2D eigenvalue weighted by Gasteiger charge is -2.11. The summed E-state index contributed by atoms with van der Waals surface area (Å²) in [6.45, 7) is 0. The van der Waals surface area contributed by atoms with E-state index in [1.807, 2.05) is 11.3 Å². The highest BCUT2D eigenvalue weighted by atomic mass is 79.9. The smallest absolute Gasteiger partial charge is 0.0541 e. The number of para-hydroxylation sites is 1. The van der Waals surface area contributed by atoms with E-state index in [0.29, 0.717) is 0 Å². The van der Waals surface area contributed by atoms with E-state index in [0.717, 1.165) is 4.47 Å². The van der Waals surface area contributed by atoms with Crippen molar-refractivity contribution in [1.29, 1.82) is 0 Å². The fraction of sp³-hybridized carbons (Fsp3) is 0. The Labute approximate surface area is 238 Å². The van der Waals surface area contributed by atoms with Crippen LogP contribution in [0.25, 0.3) is 69.9 Å². The van der Waals surface area contributed by atoms with Gasteiger partial charge in [0.1, 0.15) is 0 Å². The summed E-state index contributed by atoms with van der Waals surface area (Å²) in [6, 6.07) is 48.6. The van der Waals surface area contributed by atoms with Crippen molar-refractivity contribution in [1.82, 2.24) is 4.57 Å². The summed E-state index contributed by atoms with van der Waals surface area (Å²) in [5.41, 5.74) is 8.55. The number of hydrogen-bond donors (Lipinski definition) is 0. The fourth-order valence-corrected chi connectivity index (χ4v) is 7.45.